The van der Waals surface area contributed by atoms with Crippen LogP contribution in [0.25, 0.3) is 0 Å². The molecule has 1 aromatic carbocycles. The summed E-state index contributed by atoms with van der Waals surface area (Å²) in [6.07, 6.45) is 7.71. The highest BCUT2D eigenvalue weighted by molar-refractivity contribution is 14.0. The quantitative estimate of drug-likeness (QED) is 0.377. The van der Waals surface area contributed by atoms with Crippen molar-refractivity contribution in [3.63, 3.8) is 0 Å². The minimum Gasteiger partial charge on any atom is -0.356 e. The van der Waals surface area contributed by atoms with Crippen LogP contribution in [-0.2, 0) is 12.0 Å². The summed E-state index contributed by atoms with van der Waals surface area (Å²) in [5.41, 5.74) is 2.22. The molecule has 0 bridgehead atoms. The lowest BCUT2D eigenvalue weighted by atomic mass is 9.69. The predicted molar refractivity (Wildman–Crippen MR) is 119 cm³/mol. The number of pyridine rings is 1. The molecule has 0 atom stereocenters. The van der Waals surface area contributed by atoms with Crippen LogP contribution in [0.5, 0.6) is 0 Å². The van der Waals surface area contributed by atoms with E-state index >= 15 is 0 Å². The van der Waals surface area contributed by atoms with Crippen LogP contribution in [0.1, 0.15) is 43.4 Å². The van der Waals surface area contributed by atoms with Crippen molar-refractivity contribution in [2.24, 2.45) is 4.99 Å². The molecule has 1 saturated carbocycles. The van der Waals surface area contributed by atoms with E-state index in [1.54, 1.807) is 25.4 Å². The van der Waals surface area contributed by atoms with Crippen LogP contribution in [0.2, 0.25) is 0 Å². The maximum absolute atomic E-state index is 13.4. The summed E-state index contributed by atoms with van der Waals surface area (Å²) >= 11 is 0. The van der Waals surface area contributed by atoms with E-state index in [-0.39, 0.29) is 35.2 Å². The van der Waals surface area contributed by atoms with Crippen molar-refractivity contribution in [1.29, 1.82) is 0 Å². The van der Waals surface area contributed by atoms with Gasteiger partial charge in [-0.2, -0.15) is 0 Å². The van der Waals surface area contributed by atoms with Crippen molar-refractivity contribution < 1.29 is 4.39 Å². The Kier molecular flexibility index (Phi) is 8.47. The number of aromatic nitrogens is 1. The molecule has 2 aromatic rings. The van der Waals surface area contributed by atoms with E-state index in [1.165, 1.54) is 24.8 Å². The molecule has 0 saturated heterocycles. The molecule has 2 N–H and O–H groups in total. The fourth-order valence-electron chi connectivity index (χ4n) is 3.75. The Morgan fingerprint density at radius 3 is 2.44 bits per heavy atom. The monoisotopic (exact) mass is 482 g/mol. The fraction of sp³-hybridized carbons (Fsp3) is 0.429. The molecule has 0 radical (unpaired) electrons. The van der Waals surface area contributed by atoms with Crippen LogP contribution in [0.15, 0.2) is 53.7 Å². The lowest BCUT2D eigenvalue weighted by Crippen LogP contribution is -2.46. The van der Waals surface area contributed by atoms with Crippen LogP contribution >= 0.6 is 24.0 Å². The minimum atomic E-state index is -0.180. The summed E-state index contributed by atoms with van der Waals surface area (Å²) in [5, 5.41) is 6.80. The van der Waals surface area contributed by atoms with E-state index in [0.29, 0.717) is 6.54 Å². The van der Waals surface area contributed by atoms with Gasteiger partial charge in [-0.05, 0) is 42.7 Å². The van der Waals surface area contributed by atoms with Gasteiger partial charge in [-0.15, -0.1) is 24.0 Å². The average molecular weight is 482 g/mol. The van der Waals surface area contributed by atoms with E-state index in [2.05, 4.69) is 20.6 Å². The van der Waals surface area contributed by atoms with Gasteiger partial charge in [0.2, 0.25) is 0 Å². The van der Waals surface area contributed by atoms with Crippen molar-refractivity contribution in [3.05, 3.63) is 65.7 Å². The molecule has 0 unspecified atom stereocenters. The predicted octanol–water partition coefficient (Wildman–Crippen LogP) is 4.41. The number of hydrogen-bond acceptors (Lipinski definition) is 2. The SMILES string of the molecule is CN=C(NCc1ccccn1)NCC1(c2ccc(F)cc2)CCCCC1.I. The van der Waals surface area contributed by atoms with Gasteiger partial charge < -0.3 is 10.6 Å². The third kappa shape index (κ3) is 5.89. The number of nitrogens with zero attached hydrogens (tertiary/aromatic N) is 2. The van der Waals surface area contributed by atoms with E-state index in [9.17, 15) is 4.39 Å². The standard InChI is InChI=1S/C21H27FN4.HI/c1-23-20(25-15-19-7-3-6-14-24-19)26-16-21(12-4-2-5-13-21)17-8-10-18(22)11-9-17;/h3,6-11,14H,2,4-5,12-13,15-16H2,1H3,(H2,23,25,26);1H. The van der Waals surface area contributed by atoms with Gasteiger partial charge in [0.1, 0.15) is 5.82 Å². The van der Waals surface area contributed by atoms with Crippen LogP contribution in [0, 0.1) is 5.82 Å². The smallest absolute Gasteiger partial charge is 0.191 e. The van der Waals surface area contributed by atoms with Gasteiger partial charge in [0.05, 0.1) is 12.2 Å². The van der Waals surface area contributed by atoms with Gasteiger partial charge in [0.15, 0.2) is 5.96 Å². The maximum Gasteiger partial charge on any atom is 0.191 e. The normalized spacial score (nSPS) is 16.3. The molecule has 1 aliphatic carbocycles. The molecular weight excluding hydrogens is 454 g/mol. The second-order valence-electron chi connectivity index (χ2n) is 6.95. The van der Waals surface area contributed by atoms with Crippen molar-refractivity contribution >= 4 is 29.9 Å². The van der Waals surface area contributed by atoms with Crippen molar-refractivity contribution in [2.75, 3.05) is 13.6 Å². The van der Waals surface area contributed by atoms with Gasteiger partial charge in [-0.25, -0.2) is 4.39 Å². The summed E-state index contributed by atoms with van der Waals surface area (Å²) in [4.78, 5) is 8.66. The number of benzene rings is 1. The Morgan fingerprint density at radius 2 is 1.81 bits per heavy atom. The number of guanidine groups is 1. The largest absolute Gasteiger partial charge is 0.356 e. The van der Waals surface area contributed by atoms with Crippen LogP contribution in [0.4, 0.5) is 4.39 Å². The molecule has 0 aliphatic heterocycles. The molecule has 6 heteroatoms. The zero-order valence-electron chi connectivity index (χ0n) is 15.7. The molecule has 3 rings (SSSR count). The first-order chi connectivity index (χ1) is 12.7. The molecule has 27 heavy (non-hydrogen) atoms. The first-order valence-electron chi connectivity index (χ1n) is 9.32. The van der Waals surface area contributed by atoms with E-state index in [4.69, 9.17) is 0 Å². The maximum atomic E-state index is 13.4. The van der Waals surface area contributed by atoms with E-state index in [0.717, 1.165) is 31.0 Å². The average Bonchev–Trinajstić information content (AvgIpc) is 2.70. The summed E-state index contributed by atoms with van der Waals surface area (Å²) in [5.74, 6) is 0.586. The molecule has 4 nitrogen and oxygen atoms in total. The minimum absolute atomic E-state index is 0. The van der Waals surface area contributed by atoms with Gasteiger partial charge in [0, 0.05) is 25.2 Å². The van der Waals surface area contributed by atoms with Crippen molar-refractivity contribution in [2.45, 2.75) is 44.1 Å². The lowest BCUT2D eigenvalue weighted by molar-refractivity contribution is 0.291. The fourth-order valence-corrected chi connectivity index (χ4v) is 3.75. The Balaban J connectivity index is 0.00000261. The van der Waals surface area contributed by atoms with E-state index < -0.39 is 0 Å². The molecule has 1 aliphatic rings. The van der Waals surface area contributed by atoms with Gasteiger partial charge in [-0.3, -0.25) is 9.98 Å². The topological polar surface area (TPSA) is 49.3 Å². The van der Waals surface area contributed by atoms with Crippen molar-refractivity contribution in [3.8, 4) is 0 Å². The Labute approximate surface area is 178 Å². The van der Waals surface area contributed by atoms with Gasteiger partial charge >= 0.3 is 0 Å². The first-order valence-corrected chi connectivity index (χ1v) is 9.32. The van der Waals surface area contributed by atoms with Gasteiger partial charge in [-0.1, -0.05) is 37.5 Å². The van der Waals surface area contributed by atoms with Crippen LogP contribution in [0.3, 0.4) is 0 Å². The molecule has 1 fully saturated rings. The lowest BCUT2D eigenvalue weighted by Gasteiger charge is -2.38. The first kappa shape index (κ1) is 21.6. The molecule has 1 aromatic heterocycles. The number of rotatable bonds is 5. The zero-order valence-corrected chi connectivity index (χ0v) is 18.1. The second-order valence-corrected chi connectivity index (χ2v) is 6.95. The zero-order chi connectivity index (χ0) is 18.2. The number of nitrogens with one attached hydrogen (secondary N) is 2. The third-order valence-electron chi connectivity index (χ3n) is 5.25. The molecule has 1 heterocycles. The van der Waals surface area contributed by atoms with Gasteiger partial charge in [0.25, 0.3) is 0 Å². The summed E-state index contributed by atoms with van der Waals surface area (Å²) in [7, 11) is 1.78. The highest BCUT2D eigenvalue weighted by atomic mass is 127. The van der Waals surface area contributed by atoms with Crippen LogP contribution in [-0.4, -0.2) is 24.5 Å². The summed E-state index contributed by atoms with van der Waals surface area (Å²) in [6.45, 7) is 1.42. The Hall–Kier alpha value is -1.70. The molecule has 0 spiro atoms. The number of halogens is 2. The van der Waals surface area contributed by atoms with E-state index in [1.807, 2.05) is 30.3 Å². The highest BCUT2D eigenvalue weighted by Gasteiger charge is 2.34. The highest BCUT2D eigenvalue weighted by Crippen LogP contribution is 2.39. The summed E-state index contributed by atoms with van der Waals surface area (Å²) < 4.78 is 13.4. The van der Waals surface area contributed by atoms with Crippen molar-refractivity contribution in [1.82, 2.24) is 15.6 Å². The Bertz CT molecular complexity index is 713. The summed E-state index contributed by atoms with van der Waals surface area (Å²) in [6, 6.07) is 12.9. The number of hydrogen-bond donors (Lipinski definition) is 2. The Morgan fingerprint density at radius 1 is 1.07 bits per heavy atom. The molecule has 146 valence electrons. The number of aliphatic imine (C=N–C) groups is 1. The van der Waals surface area contributed by atoms with Crippen LogP contribution < -0.4 is 10.6 Å². The molecular formula is C21H28FIN4. The second kappa shape index (κ2) is 10.6. The third-order valence-corrected chi connectivity index (χ3v) is 5.25. The molecule has 0 amide bonds.